The highest BCUT2D eigenvalue weighted by molar-refractivity contribution is 5.97. The van der Waals surface area contributed by atoms with Crippen molar-refractivity contribution in [3.05, 3.63) is 65.5 Å². The number of carbonyl (C=O) groups is 2. The molecule has 1 amide bonds. The van der Waals surface area contributed by atoms with Crippen LogP contribution in [0.1, 0.15) is 62.2 Å². The van der Waals surface area contributed by atoms with Crippen LogP contribution >= 0.6 is 0 Å². The zero-order chi connectivity index (χ0) is 20.3. The Kier molecular flexibility index (Phi) is 5.82. The molecule has 1 aliphatic heterocycles. The standard InChI is InChI=1S/C23H28N2O3/c1-16-10-11-19(22(27)28-15-17-8-6-5-7-9-17)25(16)21(26)18-12-13-24-20(14-18)23(2,3)4/h5-9,12-14,16,19H,10-11,15H2,1-4H3/t16-,19-/m1/s1. The number of amides is 1. The first-order valence-corrected chi connectivity index (χ1v) is 9.77. The number of pyridine rings is 1. The fourth-order valence-corrected chi connectivity index (χ4v) is 3.51. The smallest absolute Gasteiger partial charge is 0.329 e. The normalized spacial score (nSPS) is 19.5. The molecule has 1 aromatic carbocycles. The van der Waals surface area contributed by atoms with Crippen LogP contribution in [-0.2, 0) is 21.6 Å². The van der Waals surface area contributed by atoms with E-state index in [9.17, 15) is 9.59 Å². The molecule has 0 aliphatic carbocycles. The lowest BCUT2D eigenvalue weighted by Gasteiger charge is -2.28. The summed E-state index contributed by atoms with van der Waals surface area (Å²) in [4.78, 5) is 32.0. The van der Waals surface area contributed by atoms with E-state index < -0.39 is 6.04 Å². The van der Waals surface area contributed by atoms with Crippen LogP contribution in [0, 0.1) is 0 Å². The van der Waals surface area contributed by atoms with Crippen molar-refractivity contribution in [1.29, 1.82) is 0 Å². The van der Waals surface area contributed by atoms with Crippen molar-refractivity contribution in [2.45, 2.75) is 64.6 Å². The van der Waals surface area contributed by atoms with E-state index in [4.69, 9.17) is 4.74 Å². The Hall–Kier alpha value is -2.69. The summed E-state index contributed by atoms with van der Waals surface area (Å²) in [6, 6.07) is 12.6. The number of esters is 1. The highest BCUT2D eigenvalue weighted by atomic mass is 16.5. The van der Waals surface area contributed by atoms with Crippen LogP contribution in [0.4, 0.5) is 0 Å². The number of benzene rings is 1. The van der Waals surface area contributed by atoms with Crippen LogP contribution in [-0.4, -0.2) is 33.8 Å². The molecule has 1 aliphatic rings. The van der Waals surface area contributed by atoms with Crippen LogP contribution in [0.3, 0.4) is 0 Å². The molecule has 148 valence electrons. The molecule has 0 radical (unpaired) electrons. The van der Waals surface area contributed by atoms with Gasteiger partial charge >= 0.3 is 5.97 Å². The van der Waals surface area contributed by atoms with Crippen molar-refractivity contribution < 1.29 is 14.3 Å². The number of hydrogen-bond acceptors (Lipinski definition) is 4. The fourth-order valence-electron chi connectivity index (χ4n) is 3.51. The molecule has 1 aromatic heterocycles. The molecule has 3 rings (SSSR count). The summed E-state index contributed by atoms with van der Waals surface area (Å²) in [6.45, 7) is 8.38. The van der Waals surface area contributed by atoms with E-state index in [0.29, 0.717) is 12.0 Å². The molecule has 5 heteroatoms. The summed E-state index contributed by atoms with van der Waals surface area (Å²) >= 11 is 0. The number of likely N-dealkylation sites (tertiary alicyclic amines) is 1. The Morgan fingerprint density at radius 2 is 1.86 bits per heavy atom. The number of hydrogen-bond donors (Lipinski definition) is 0. The number of carbonyl (C=O) groups excluding carboxylic acids is 2. The average Bonchev–Trinajstić information content (AvgIpc) is 3.07. The minimum Gasteiger partial charge on any atom is -0.459 e. The molecule has 0 bridgehead atoms. The first-order valence-electron chi connectivity index (χ1n) is 9.77. The fraction of sp³-hybridized carbons (Fsp3) is 0.435. The maximum absolute atomic E-state index is 13.2. The minimum atomic E-state index is -0.544. The molecule has 0 saturated carbocycles. The van der Waals surface area contributed by atoms with Gasteiger partial charge in [-0.3, -0.25) is 9.78 Å². The SMILES string of the molecule is C[C@@H]1CC[C@H](C(=O)OCc2ccccc2)N1C(=O)c1ccnc(C(C)(C)C)c1. The topological polar surface area (TPSA) is 59.5 Å². The van der Waals surface area contributed by atoms with Gasteiger partial charge < -0.3 is 9.64 Å². The van der Waals surface area contributed by atoms with Crippen molar-refractivity contribution in [2.75, 3.05) is 0 Å². The average molecular weight is 380 g/mol. The quantitative estimate of drug-likeness (QED) is 0.749. The van der Waals surface area contributed by atoms with Crippen molar-refractivity contribution in [3.63, 3.8) is 0 Å². The number of rotatable bonds is 4. The van der Waals surface area contributed by atoms with Gasteiger partial charge in [0.1, 0.15) is 12.6 Å². The van der Waals surface area contributed by atoms with Crippen molar-refractivity contribution in [2.24, 2.45) is 0 Å². The zero-order valence-corrected chi connectivity index (χ0v) is 17.0. The number of ether oxygens (including phenoxy) is 1. The van der Waals surface area contributed by atoms with E-state index in [2.05, 4.69) is 25.8 Å². The van der Waals surface area contributed by atoms with E-state index >= 15 is 0 Å². The second-order valence-corrected chi connectivity index (χ2v) is 8.43. The van der Waals surface area contributed by atoms with Crippen LogP contribution in [0.15, 0.2) is 48.7 Å². The Labute approximate surface area is 166 Å². The van der Waals surface area contributed by atoms with Crippen LogP contribution in [0.25, 0.3) is 0 Å². The van der Waals surface area contributed by atoms with E-state index in [-0.39, 0.29) is 29.9 Å². The third-order valence-electron chi connectivity index (χ3n) is 5.17. The largest absolute Gasteiger partial charge is 0.459 e. The van der Waals surface area contributed by atoms with Gasteiger partial charge in [0.2, 0.25) is 0 Å². The van der Waals surface area contributed by atoms with Gasteiger partial charge in [0.05, 0.1) is 0 Å². The van der Waals surface area contributed by atoms with E-state index in [1.807, 2.05) is 43.3 Å². The van der Waals surface area contributed by atoms with Crippen molar-refractivity contribution in [1.82, 2.24) is 9.88 Å². The molecule has 2 aromatic rings. The van der Waals surface area contributed by atoms with Crippen molar-refractivity contribution in [3.8, 4) is 0 Å². The molecular formula is C23H28N2O3. The third kappa shape index (κ3) is 4.41. The predicted molar refractivity (Wildman–Crippen MR) is 108 cm³/mol. The van der Waals surface area contributed by atoms with E-state index in [0.717, 1.165) is 17.7 Å². The minimum absolute atomic E-state index is 0.00646. The highest BCUT2D eigenvalue weighted by Crippen LogP contribution is 2.28. The molecule has 1 saturated heterocycles. The predicted octanol–water partition coefficient (Wildman–Crippen LogP) is 4.12. The Morgan fingerprint density at radius 3 is 2.54 bits per heavy atom. The third-order valence-corrected chi connectivity index (χ3v) is 5.17. The maximum atomic E-state index is 13.2. The van der Waals surface area contributed by atoms with E-state index in [1.165, 1.54) is 0 Å². The van der Waals surface area contributed by atoms with Crippen LogP contribution < -0.4 is 0 Å². The summed E-state index contributed by atoms with van der Waals surface area (Å²) in [5.74, 6) is -0.480. The molecule has 28 heavy (non-hydrogen) atoms. The first-order chi connectivity index (χ1) is 13.3. The molecule has 0 N–H and O–H groups in total. The zero-order valence-electron chi connectivity index (χ0n) is 17.0. The first kappa shape index (κ1) is 20.1. The highest BCUT2D eigenvalue weighted by Gasteiger charge is 2.40. The molecule has 2 atom stereocenters. The second kappa shape index (κ2) is 8.13. The van der Waals surface area contributed by atoms with Crippen LogP contribution in [0.5, 0.6) is 0 Å². The summed E-state index contributed by atoms with van der Waals surface area (Å²) < 4.78 is 5.51. The summed E-state index contributed by atoms with van der Waals surface area (Å²) in [5.41, 5.74) is 2.20. The lowest BCUT2D eigenvalue weighted by molar-refractivity contribution is -0.149. The molecule has 0 spiro atoms. The summed E-state index contributed by atoms with van der Waals surface area (Å²) in [7, 11) is 0. The van der Waals surface area contributed by atoms with Crippen LogP contribution in [0.2, 0.25) is 0 Å². The molecule has 0 unspecified atom stereocenters. The molecule has 1 fully saturated rings. The summed E-state index contributed by atoms with van der Waals surface area (Å²) in [5, 5.41) is 0. The van der Waals surface area contributed by atoms with Gasteiger partial charge in [-0.05, 0) is 37.5 Å². The molecular weight excluding hydrogens is 352 g/mol. The van der Waals surface area contributed by atoms with Gasteiger partial charge in [-0.25, -0.2) is 4.79 Å². The lowest BCUT2D eigenvalue weighted by Crippen LogP contribution is -2.44. The maximum Gasteiger partial charge on any atom is 0.329 e. The lowest BCUT2D eigenvalue weighted by atomic mass is 9.90. The summed E-state index contributed by atoms with van der Waals surface area (Å²) in [6.07, 6.45) is 3.07. The van der Waals surface area contributed by atoms with Gasteiger partial charge in [0.25, 0.3) is 5.91 Å². The van der Waals surface area contributed by atoms with E-state index in [1.54, 1.807) is 17.2 Å². The number of aromatic nitrogens is 1. The second-order valence-electron chi connectivity index (χ2n) is 8.43. The van der Waals surface area contributed by atoms with Gasteiger partial charge in [-0.2, -0.15) is 0 Å². The number of nitrogens with zero attached hydrogens (tertiary/aromatic N) is 2. The monoisotopic (exact) mass is 380 g/mol. The Balaban J connectivity index is 1.75. The molecule has 5 nitrogen and oxygen atoms in total. The molecule has 2 heterocycles. The van der Waals surface area contributed by atoms with Gasteiger partial charge in [-0.1, -0.05) is 51.1 Å². The van der Waals surface area contributed by atoms with Gasteiger partial charge in [0.15, 0.2) is 0 Å². The van der Waals surface area contributed by atoms with Crippen molar-refractivity contribution >= 4 is 11.9 Å². The Morgan fingerprint density at radius 1 is 1.14 bits per heavy atom. The Bertz CT molecular complexity index is 842. The van der Waals surface area contributed by atoms with Gasteiger partial charge in [0, 0.05) is 28.9 Å². The van der Waals surface area contributed by atoms with Gasteiger partial charge in [-0.15, -0.1) is 0 Å².